The number of aryl methyl sites for hydroxylation is 2. The average molecular weight is 363 g/mol. The molecule has 4 rings (SSSR count). The van der Waals surface area contributed by atoms with Gasteiger partial charge in [-0.05, 0) is 31.9 Å². The quantitative estimate of drug-likeness (QED) is 0.665. The van der Waals surface area contributed by atoms with Crippen molar-refractivity contribution in [3.05, 3.63) is 53.9 Å². The van der Waals surface area contributed by atoms with Crippen LogP contribution in [0.15, 0.2) is 36.8 Å². The number of nitrogens with zero attached hydrogens (tertiary/aromatic N) is 5. The van der Waals surface area contributed by atoms with Gasteiger partial charge in [0.05, 0.1) is 25.5 Å². The van der Waals surface area contributed by atoms with E-state index in [4.69, 9.17) is 9.47 Å². The van der Waals surface area contributed by atoms with Crippen LogP contribution in [0.25, 0.3) is 11.1 Å². The lowest BCUT2D eigenvalue weighted by Crippen LogP contribution is -2.06. The minimum atomic E-state index is 0.437. The van der Waals surface area contributed by atoms with Gasteiger partial charge in [-0.1, -0.05) is 6.07 Å². The number of methoxy groups -OCH3 is 1. The molecule has 1 unspecified atom stereocenters. The molecule has 0 N–H and O–H groups in total. The Morgan fingerprint density at radius 2 is 2.00 bits per heavy atom. The molecule has 0 radical (unpaired) electrons. The van der Waals surface area contributed by atoms with Gasteiger partial charge in [-0.25, -0.2) is 4.98 Å². The van der Waals surface area contributed by atoms with Crippen molar-refractivity contribution in [3.8, 4) is 22.9 Å². The highest BCUT2D eigenvalue weighted by Crippen LogP contribution is 2.47. The fourth-order valence-electron chi connectivity index (χ4n) is 3.03. The molecule has 3 aromatic rings. The highest BCUT2D eigenvalue weighted by Gasteiger charge is 2.40. The monoisotopic (exact) mass is 363 g/mol. The van der Waals surface area contributed by atoms with Crippen LogP contribution in [0.5, 0.6) is 11.8 Å². The first kappa shape index (κ1) is 17.3. The molecule has 7 nitrogen and oxygen atoms in total. The highest BCUT2D eigenvalue weighted by molar-refractivity contribution is 5.67. The van der Waals surface area contributed by atoms with Gasteiger partial charge in [-0.15, -0.1) is 5.10 Å². The smallest absolute Gasteiger partial charge is 0.233 e. The van der Waals surface area contributed by atoms with Gasteiger partial charge in [-0.2, -0.15) is 10.1 Å². The lowest BCUT2D eigenvalue weighted by Gasteiger charge is -2.11. The average Bonchev–Trinajstić information content (AvgIpc) is 3.47. The van der Waals surface area contributed by atoms with E-state index in [2.05, 4.69) is 37.3 Å². The fraction of sp³-hybridized carbons (Fsp3) is 0.350. The molecule has 2 atom stereocenters. The van der Waals surface area contributed by atoms with Crippen molar-refractivity contribution in [2.45, 2.75) is 26.2 Å². The molecule has 3 heterocycles. The molecule has 1 fully saturated rings. The van der Waals surface area contributed by atoms with Crippen LogP contribution in [0.2, 0.25) is 0 Å². The van der Waals surface area contributed by atoms with Gasteiger partial charge in [0.1, 0.15) is 5.82 Å². The Bertz CT molecular complexity index is 945. The van der Waals surface area contributed by atoms with Gasteiger partial charge in [0.25, 0.3) is 0 Å². The Morgan fingerprint density at radius 3 is 2.78 bits per heavy atom. The summed E-state index contributed by atoms with van der Waals surface area (Å²) < 4.78 is 11.2. The minimum Gasteiger partial charge on any atom is -0.480 e. The van der Waals surface area contributed by atoms with Crippen molar-refractivity contribution in [3.63, 3.8) is 0 Å². The molecule has 3 aromatic heterocycles. The summed E-state index contributed by atoms with van der Waals surface area (Å²) in [4.78, 5) is 13.3. The number of hydrogen-bond donors (Lipinski definition) is 0. The third kappa shape index (κ3) is 3.86. The standard InChI is InChI=1S/C20H21N5O2/c1-12-4-5-18(22-8-12)16-6-15(16)11-27-20-17(10-21-13(2)24-20)14-7-19(26-3)25-23-9-14/h4-5,7-10,15-16H,6,11H2,1-3H3/t15?,16-/m1/s1. The van der Waals surface area contributed by atoms with E-state index in [0.29, 0.717) is 36.0 Å². The third-order valence-electron chi connectivity index (χ3n) is 4.70. The van der Waals surface area contributed by atoms with Crippen LogP contribution in [0, 0.1) is 19.8 Å². The number of ether oxygens (including phenoxy) is 2. The molecular formula is C20H21N5O2. The number of hydrogen-bond acceptors (Lipinski definition) is 7. The molecule has 138 valence electrons. The van der Waals surface area contributed by atoms with Crippen LogP contribution >= 0.6 is 0 Å². The van der Waals surface area contributed by atoms with Gasteiger partial charge in [0, 0.05) is 41.6 Å². The van der Waals surface area contributed by atoms with Crippen molar-refractivity contribution in [2.75, 3.05) is 13.7 Å². The van der Waals surface area contributed by atoms with Gasteiger partial charge in [0.2, 0.25) is 11.8 Å². The normalized spacial score (nSPS) is 18.2. The largest absolute Gasteiger partial charge is 0.480 e. The molecule has 1 aliphatic carbocycles. The van der Waals surface area contributed by atoms with E-state index >= 15 is 0 Å². The van der Waals surface area contributed by atoms with Crippen LogP contribution in [0.1, 0.15) is 29.4 Å². The van der Waals surface area contributed by atoms with E-state index in [1.165, 1.54) is 5.56 Å². The predicted octanol–water partition coefficient (Wildman–Crippen LogP) is 3.14. The molecule has 7 heteroatoms. The van der Waals surface area contributed by atoms with Crippen molar-refractivity contribution in [2.24, 2.45) is 5.92 Å². The Hall–Kier alpha value is -3.09. The topological polar surface area (TPSA) is 82.9 Å². The second-order valence-electron chi connectivity index (χ2n) is 6.80. The van der Waals surface area contributed by atoms with Crippen LogP contribution in [0.3, 0.4) is 0 Å². The second kappa shape index (κ2) is 7.26. The van der Waals surface area contributed by atoms with E-state index in [1.54, 1.807) is 25.6 Å². The lowest BCUT2D eigenvalue weighted by molar-refractivity contribution is 0.285. The maximum absolute atomic E-state index is 6.08. The zero-order chi connectivity index (χ0) is 18.8. The highest BCUT2D eigenvalue weighted by atomic mass is 16.5. The summed E-state index contributed by atoms with van der Waals surface area (Å²) in [7, 11) is 1.56. The van der Waals surface area contributed by atoms with Gasteiger partial charge in [-0.3, -0.25) is 4.98 Å². The summed E-state index contributed by atoms with van der Waals surface area (Å²) in [5.41, 5.74) is 3.90. The van der Waals surface area contributed by atoms with Crippen molar-refractivity contribution in [1.29, 1.82) is 0 Å². The summed E-state index contributed by atoms with van der Waals surface area (Å²) in [5.74, 6) is 2.56. The first-order valence-electron chi connectivity index (χ1n) is 8.90. The van der Waals surface area contributed by atoms with Crippen molar-refractivity contribution in [1.82, 2.24) is 25.1 Å². The summed E-state index contributed by atoms with van der Waals surface area (Å²) in [6, 6.07) is 6.01. The van der Waals surface area contributed by atoms with Crippen LogP contribution in [-0.2, 0) is 0 Å². The van der Waals surface area contributed by atoms with Crippen molar-refractivity contribution < 1.29 is 9.47 Å². The maximum atomic E-state index is 6.08. The first-order valence-corrected chi connectivity index (χ1v) is 8.90. The molecule has 27 heavy (non-hydrogen) atoms. The first-order chi connectivity index (χ1) is 13.1. The molecular weight excluding hydrogens is 342 g/mol. The molecule has 0 aromatic carbocycles. The van der Waals surface area contributed by atoms with Crippen LogP contribution in [-0.4, -0.2) is 38.9 Å². The number of rotatable bonds is 6. The number of aromatic nitrogens is 5. The molecule has 0 bridgehead atoms. The molecule has 0 spiro atoms. The fourth-order valence-corrected chi connectivity index (χ4v) is 3.03. The van der Waals surface area contributed by atoms with E-state index in [-0.39, 0.29) is 0 Å². The van der Waals surface area contributed by atoms with Gasteiger partial charge < -0.3 is 9.47 Å². The van der Waals surface area contributed by atoms with Crippen LogP contribution in [0.4, 0.5) is 0 Å². The Morgan fingerprint density at radius 1 is 1.11 bits per heavy atom. The Labute approximate surface area is 157 Å². The molecule has 0 amide bonds. The Balaban J connectivity index is 1.49. The van der Waals surface area contributed by atoms with Crippen LogP contribution < -0.4 is 9.47 Å². The molecule has 0 aliphatic heterocycles. The summed E-state index contributed by atoms with van der Waals surface area (Å²) in [5, 5.41) is 7.87. The second-order valence-corrected chi connectivity index (χ2v) is 6.80. The van der Waals surface area contributed by atoms with E-state index in [1.807, 2.05) is 20.0 Å². The Kier molecular flexibility index (Phi) is 4.66. The molecule has 1 aliphatic rings. The van der Waals surface area contributed by atoms with E-state index in [0.717, 1.165) is 23.2 Å². The molecule has 1 saturated carbocycles. The van der Waals surface area contributed by atoms with E-state index in [9.17, 15) is 0 Å². The summed E-state index contributed by atoms with van der Waals surface area (Å²) in [6.45, 7) is 4.49. The third-order valence-corrected chi connectivity index (χ3v) is 4.70. The lowest BCUT2D eigenvalue weighted by atomic mass is 10.1. The van der Waals surface area contributed by atoms with Gasteiger partial charge >= 0.3 is 0 Å². The zero-order valence-corrected chi connectivity index (χ0v) is 15.6. The minimum absolute atomic E-state index is 0.437. The maximum Gasteiger partial charge on any atom is 0.233 e. The SMILES string of the molecule is COc1cc(-c2cnc(C)nc2OCC2C[C@H]2c2ccc(C)cn2)cnn1. The van der Waals surface area contributed by atoms with Gasteiger partial charge in [0.15, 0.2) is 0 Å². The zero-order valence-electron chi connectivity index (χ0n) is 15.6. The molecule has 0 saturated heterocycles. The van der Waals surface area contributed by atoms with E-state index < -0.39 is 0 Å². The number of pyridine rings is 1. The van der Waals surface area contributed by atoms with Crippen molar-refractivity contribution >= 4 is 0 Å². The summed E-state index contributed by atoms with van der Waals surface area (Å²) in [6.07, 6.45) is 6.40. The predicted molar refractivity (Wildman–Crippen MR) is 99.7 cm³/mol. The summed E-state index contributed by atoms with van der Waals surface area (Å²) >= 11 is 0.